The Hall–Kier alpha value is -3.46. The van der Waals surface area contributed by atoms with Crippen LogP contribution in [0.3, 0.4) is 0 Å². The van der Waals surface area contributed by atoms with E-state index in [9.17, 15) is 18.4 Å². The normalized spacial score (nSPS) is 16.2. The average Bonchev–Trinajstić information content (AvgIpc) is 2.63. The second-order valence-electron chi connectivity index (χ2n) is 5.96. The monoisotopic (exact) mass is 352 g/mol. The summed E-state index contributed by atoms with van der Waals surface area (Å²) in [6, 6.07) is 14.7. The summed E-state index contributed by atoms with van der Waals surface area (Å²) >= 11 is 0. The highest BCUT2D eigenvalue weighted by atomic mass is 19.2. The van der Waals surface area contributed by atoms with Crippen molar-refractivity contribution in [3.05, 3.63) is 88.6 Å². The van der Waals surface area contributed by atoms with Gasteiger partial charge in [-0.25, -0.2) is 13.2 Å². The standard InChI is InChI=1S/C20H11F3N2O/c21-15-6-12(7-16(22)19(15)23)18-13-5-10-3-1-2-4-11(10)8-17(13)26-20(25)14(18)9-24/h1-8,18H,25H2. The number of halogens is 3. The van der Waals surface area contributed by atoms with E-state index in [-0.39, 0.29) is 17.0 Å². The van der Waals surface area contributed by atoms with Crippen LogP contribution in [0.1, 0.15) is 17.0 Å². The third-order valence-corrected chi connectivity index (χ3v) is 4.42. The first-order valence-corrected chi connectivity index (χ1v) is 7.74. The summed E-state index contributed by atoms with van der Waals surface area (Å²) in [6.07, 6.45) is 0. The van der Waals surface area contributed by atoms with Crippen molar-refractivity contribution in [2.24, 2.45) is 5.73 Å². The fourth-order valence-corrected chi connectivity index (χ4v) is 3.23. The summed E-state index contributed by atoms with van der Waals surface area (Å²) in [7, 11) is 0. The van der Waals surface area contributed by atoms with Crippen molar-refractivity contribution in [2.45, 2.75) is 5.92 Å². The fraction of sp³-hybridized carbons (Fsp3) is 0.0500. The molecule has 0 amide bonds. The van der Waals surface area contributed by atoms with E-state index in [0.717, 1.165) is 22.9 Å². The Morgan fingerprint density at radius 2 is 1.58 bits per heavy atom. The molecule has 0 spiro atoms. The molecule has 0 aromatic heterocycles. The molecule has 0 radical (unpaired) electrons. The van der Waals surface area contributed by atoms with Gasteiger partial charge in [0.1, 0.15) is 17.4 Å². The van der Waals surface area contributed by atoms with E-state index in [2.05, 4.69) is 0 Å². The van der Waals surface area contributed by atoms with Crippen molar-refractivity contribution in [3.8, 4) is 11.8 Å². The van der Waals surface area contributed by atoms with Crippen molar-refractivity contribution in [2.75, 3.05) is 0 Å². The summed E-state index contributed by atoms with van der Waals surface area (Å²) in [6.45, 7) is 0. The number of nitrogens with two attached hydrogens (primary N) is 1. The Balaban J connectivity index is 2.01. The number of hydrogen-bond donors (Lipinski definition) is 1. The SMILES string of the molecule is N#CC1=C(N)Oc2cc3ccccc3cc2C1c1cc(F)c(F)c(F)c1. The van der Waals surface area contributed by atoms with Crippen LogP contribution in [-0.4, -0.2) is 0 Å². The molecule has 3 aromatic rings. The Morgan fingerprint density at radius 3 is 2.19 bits per heavy atom. The molecule has 1 unspecified atom stereocenters. The van der Waals surface area contributed by atoms with Crippen LogP contribution >= 0.6 is 0 Å². The van der Waals surface area contributed by atoms with E-state index in [0.29, 0.717) is 11.3 Å². The van der Waals surface area contributed by atoms with Crippen molar-refractivity contribution in [1.29, 1.82) is 5.26 Å². The summed E-state index contributed by atoms with van der Waals surface area (Å²) in [5, 5.41) is 11.2. The lowest BCUT2D eigenvalue weighted by atomic mass is 9.82. The fourth-order valence-electron chi connectivity index (χ4n) is 3.23. The lowest BCUT2D eigenvalue weighted by Gasteiger charge is -2.27. The van der Waals surface area contributed by atoms with Gasteiger partial charge in [-0.2, -0.15) is 5.26 Å². The number of benzene rings is 3. The Kier molecular flexibility index (Phi) is 3.58. The molecule has 2 N–H and O–H groups in total. The Labute approximate surface area is 146 Å². The molecule has 26 heavy (non-hydrogen) atoms. The van der Waals surface area contributed by atoms with Crippen LogP contribution in [0.25, 0.3) is 10.8 Å². The van der Waals surface area contributed by atoms with Crippen LogP contribution in [-0.2, 0) is 0 Å². The van der Waals surface area contributed by atoms with E-state index >= 15 is 0 Å². The third-order valence-electron chi connectivity index (χ3n) is 4.42. The highest BCUT2D eigenvalue weighted by Gasteiger charge is 2.32. The molecule has 3 aromatic carbocycles. The predicted octanol–water partition coefficient (Wildman–Crippen LogP) is 4.48. The third kappa shape index (κ3) is 2.37. The molecular formula is C20H11F3N2O. The molecule has 3 nitrogen and oxygen atoms in total. The zero-order valence-corrected chi connectivity index (χ0v) is 13.3. The number of allylic oxidation sites excluding steroid dienone is 1. The molecule has 0 bridgehead atoms. The minimum absolute atomic E-state index is 0.0122. The van der Waals surface area contributed by atoms with Crippen molar-refractivity contribution in [3.63, 3.8) is 0 Å². The van der Waals surface area contributed by atoms with Crippen LogP contribution in [0, 0.1) is 28.8 Å². The van der Waals surface area contributed by atoms with Gasteiger partial charge in [0, 0.05) is 5.56 Å². The molecule has 6 heteroatoms. The molecule has 1 atom stereocenters. The van der Waals surface area contributed by atoms with Crippen LogP contribution < -0.4 is 10.5 Å². The molecular weight excluding hydrogens is 341 g/mol. The van der Waals surface area contributed by atoms with Gasteiger partial charge in [0.05, 0.1) is 5.92 Å². The van der Waals surface area contributed by atoms with Gasteiger partial charge in [-0.05, 0) is 40.6 Å². The second-order valence-corrected chi connectivity index (χ2v) is 5.96. The summed E-state index contributed by atoms with van der Waals surface area (Å²) in [5.74, 6) is -4.84. The molecule has 0 fully saturated rings. The van der Waals surface area contributed by atoms with E-state index in [1.807, 2.05) is 30.3 Å². The maximum atomic E-state index is 13.8. The zero-order chi connectivity index (χ0) is 18.4. The minimum Gasteiger partial charge on any atom is -0.440 e. The number of nitriles is 1. The molecule has 0 saturated heterocycles. The average molecular weight is 352 g/mol. The van der Waals surface area contributed by atoms with Crippen LogP contribution in [0.4, 0.5) is 13.2 Å². The maximum Gasteiger partial charge on any atom is 0.205 e. The van der Waals surface area contributed by atoms with Gasteiger partial charge < -0.3 is 10.5 Å². The molecule has 128 valence electrons. The number of nitrogens with zero attached hydrogens (tertiary/aromatic N) is 1. The molecule has 4 rings (SSSR count). The van der Waals surface area contributed by atoms with E-state index in [4.69, 9.17) is 10.5 Å². The minimum atomic E-state index is -1.56. The van der Waals surface area contributed by atoms with Gasteiger partial charge in [-0.15, -0.1) is 0 Å². The van der Waals surface area contributed by atoms with E-state index in [1.165, 1.54) is 0 Å². The molecule has 0 saturated carbocycles. The quantitative estimate of drug-likeness (QED) is 0.657. The summed E-state index contributed by atoms with van der Waals surface area (Å²) < 4.78 is 46.5. The van der Waals surface area contributed by atoms with Gasteiger partial charge >= 0.3 is 0 Å². The number of fused-ring (bicyclic) bond motifs is 2. The number of rotatable bonds is 1. The topological polar surface area (TPSA) is 59.0 Å². The van der Waals surface area contributed by atoms with Crippen LogP contribution in [0.15, 0.2) is 60.0 Å². The second kappa shape index (κ2) is 5.81. The van der Waals surface area contributed by atoms with Gasteiger partial charge in [-0.3, -0.25) is 0 Å². The summed E-state index contributed by atoms with van der Waals surface area (Å²) in [5.41, 5.74) is 6.48. The van der Waals surface area contributed by atoms with Gasteiger partial charge in [-0.1, -0.05) is 24.3 Å². The van der Waals surface area contributed by atoms with Crippen molar-refractivity contribution in [1.82, 2.24) is 0 Å². The van der Waals surface area contributed by atoms with E-state index in [1.54, 1.807) is 12.1 Å². The van der Waals surface area contributed by atoms with Gasteiger partial charge in [0.2, 0.25) is 5.88 Å². The Morgan fingerprint density at radius 1 is 0.962 bits per heavy atom. The lowest BCUT2D eigenvalue weighted by molar-refractivity contribution is 0.393. The first-order valence-electron chi connectivity index (χ1n) is 7.74. The van der Waals surface area contributed by atoms with Crippen molar-refractivity contribution >= 4 is 10.8 Å². The highest BCUT2D eigenvalue weighted by Crippen LogP contribution is 2.44. The maximum absolute atomic E-state index is 13.8. The lowest BCUT2D eigenvalue weighted by Crippen LogP contribution is -2.21. The van der Waals surface area contributed by atoms with Crippen LogP contribution in [0.5, 0.6) is 5.75 Å². The summed E-state index contributed by atoms with van der Waals surface area (Å²) in [4.78, 5) is 0. The number of hydrogen-bond acceptors (Lipinski definition) is 3. The first kappa shape index (κ1) is 16.0. The first-order chi connectivity index (χ1) is 12.5. The Bertz CT molecular complexity index is 1110. The molecule has 1 aliphatic heterocycles. The van der Waals surface area contributed by atoms with Gasteiger partial charge in [0.25, 0.3) is 0 Å². The number of ether oxygens (including phenoxy) is 1. The molecule has 1 aliphatic rings. The van der Waals surface area contributed by atoms with Gasteiger partial charge in [0.15, 0.2) is 17.5 Å². The molecule has 1 heterocycles. The highest BCUT2D eigenvalue weighted by molar-refractivity contribution is 5.86. The predicted molar refractivity (Wildman–Crippen MR) is 89.6 cm³/mol. The largest absolute Gasteiger partial charge is 0.440 e. The van der Waals surface area contributed by atoms with Crippen molar-refractivity contribution < 1.29 is 17.9 Å². The smallest absolute Gasteiger partial charge is 0.205 e. The van der Waals surface area contributed by atoms with E-state index < -0.39 is 23.4 Å². The van der Waals surface area contributed by atoms with Crippen LogP contribution in [0.2, 0.25) is 0 Å². The zero-order valence-electron chi connectivity index (χ0n) is 13.3. The molecule has 0 aliphatic carbocycles.